The van der Waals surface area contributed by atoms with Crippen molar-refractivity contribution in [2.75, 3.05) is 18.1 Å². The van der Waals surface area contributed by atoms with Gasteiger partial charge in [0.05, 0.1) is 6.54 Å². The summed E-state index contributed by atoms with van der Waals surface area (Å²) in [5, 5.41) is 5.92. The number of hydrogen-bond acceptors (Lipinski definition) is 2. The van der Waals surface area contributed by atoms with E-state index in [1.54, 1.807) is 0 Å². The van der Waals surface area contributed by atoms with Crippen LogP contribution in [0.4, 0.5) is 4.79 Å². The van der Waals surface area contributed by atoms with Gasteiger partial charge in [-0.25, -0.2) is 4.79 Å². The Morgan fingerprint density at radius 2 is 2.46 bits per heavy atom. The first-order valence-electron chi connectivity index (χ1n) is 4.14. The Kier molecular flexibility index (Phi) is 4.45. The van der Waals surface area contributed by atoms with Crippen molar-refractivity contribution in [1.82, 2.24) is 10.6 Å². The van der Waals surface area contributed by atoms with Gasteiger partial charge >= 0.3 is 6.03 Å². The highest BCUT2D eigenvalue weighted by Crippen LogP contribution is 2.16. The second-order valence-electron chi connectivity index (χ2n) is 2.90. The van der Waals surface area contributed by atoms with Crippen LogP contribution in [0.1, 0.15) is 6.42 Å². The zero-order valence-electron chi connectivity index (χ0n) is 7.31. The van der Waals surface area contributed by atoms with Crippen LogP contribution in [-0.4, -0.2) is 30.1 Å². The van der Waals surface area contributed by atoms with Gasteiger partial charge in [-0.3, -0.25) is 0 Å². The van der Waals surface area contributed by atoms with Gasteiger partial charge in [0.1, 0.15) is 0 Å². The molecule has 0 aromatic heterocycles. The minimum atomic E-state index is -0.158. The number of thioether (sulfide) groups is 1. The molecule has 1 saturated heterocycles. The van der Waals surface area contributed by atoms with E-state index in [-0.39, 0.29) is 6.03 Å². The molecule has 1 rings (SSSR count). The molecule has 2 amide bonds. The SMILES string of the molecule is C=C(Cl)CNC(=O)NC1CCSC1. The van der Waals surface area contributed by atoms with E-state index in [1.165, 1.54) is 0 Å². The Hall–Kier alpha value is -0.350. The van der Waals surface area contributed by atoms with E-state index in [4.69, 9.17) is 11.6 Å². The van der Waals surface area contributed by atoms with Crippen molar-refractivity contribution in [3.63, 3.8) is 0 Å². The summed E-state index contributed by atoms with van der Waals surface area (Å²) < 4.78 is 0. The quantitative estimate of drug-likeness (QED) is 0.758. The summed E-state index contributed by atoms with van der Waals surface area (Å²) in [6, 6.07) is 0.155. The largest absolute Gasteiger partial charge is 0.335 e. The second kappa shape index (κ2) is 5.40. The first-order valence-corrected chi connectivity index (χ1v) is 5.67. The molecule has 5 heteroatoms. The highest BCUT2D eigenvalue weighted by atomic mass is 35.5. The molecule has 1 fully saturated rings. The molecular weight excluding hydrogens is 208 g/mol. The lowest BCUT2D eigenvalue weighted by Crippen LogP contribution is -2.42. The summed E-state index contributed by atoms with van der Waals surface area (Å²) in [5.41, 5.74) is 0. The lowest BCUT2D eigenvalue weighted by molar-refractivity contribution is 0.239. The third-order valence-electron chi connectivity index (χ3n) is 1.71. The van der Waals surface area contributed by atoms with Crippen molar-refractivity contribution in [2.45, 2.75) is 12.5 Å². The van der Waals surface area contributed by atoms with Crippen LogP contribution in [0.2, 0.25) is 0 Å². The molecule has 0 bridgehead atoms. The molecule has 0 aliphatic carbocycles. The fraction of sp³-hybridized carbons (Fsp3) is 0.625. The number of amides is 2. The molecule has 1 unspecified atom stereocenters. The smallest absolute Gasteiger partial charge is 0.315 e. The topological polar surface area (TPSA) is 41.1 Å². The molecule has 0 spiro atoms. The standard InChI is InChI=1S/C8H13ClN2OS/c1-6(9)4-10-8(12)11-7-2-3-13-5-7/h7H,1-5H2,(H2,10,11,12). The molecule has 2 N–H and O–H groups in total. The minimum absolute atomic E-state index is 0.158. The van der Waals surface area contributed by atoms with Crippen LogP contribution in [0.3, 0.4) is 0 Å². The van der Waals surface area contributed by atoms with Crippen LogP contribution in [0.15, 0.2) is 11.6 Å². The zero-order valence-corrected chi connectivity index (χ0v) is 8.88. The molecule has 0 saturated carbocycles. The maximum Gasteiger partial charge on any atom is 0.315 e. The number of carbonyl (C=O) groups excluding carboxylic acids is 1. The van der Waals surface area contributed by atoms with Gasteiger partial charge in [0.15, 0.2) is 0 Å². The number of rotatable bonds is 3. The number of hydrogen-bond donors (Lipinski definition) is 2. The summed E-state index contributed by atoms with van der Waals surface area (Å²) in [5.74, 6) is 2.14. The lowest BCUT2D eigenvalue weighted by atomic mass is 10.3. The van der Waals surface area contributed by atoms with Gasteiger partial charge in [-0.15, -0.1) is 0 Å². The van der Waals surface area contributed by atoms with Crippen molar-refractivity contribution >= 4 is 29.4 Å². The monoisotopic (exact) mass is 220 g/mol. The first kappa shape index (κ1) is 10.7. The molecule has 74 valence electrons. The van der Waals surface area contributed by atoms with Crippen molar-refractivity contribution in [3.05, 3.63) is 11.6 Å². The van der Waals surface area contributed by atoms with Gasteiger partial charge < -0.3 is 10.6 Å². The Balaban J connectivity index is 2.13. The van der Waals surface area contributed by atoms with Crippen molar-refractivity contribution in [1.29, 1.82) is 0 Å². The lowest BCUT2D eigenvalue weighted by Gasteiger charge is -2.11. The van der Waals surface area contributed by atoms with E-state index in [1.807, 2.05) is 11.8 Å². The van der Waals surface area contributed by atoms with Crippen LogP contribution in [0, 0.1) is 0 Å². The van der Waals surface area contributed by atoms with Crippen molar-refractivity contribution in [2.24, 2.45) is 0 Å². The number of carbonyl (C=O) groups is 1. The molecule has 1 atom stereocenters. The molecule has 13 heavy (non-hydrogen) atoms. The van der Waals surface area contributed by atoms with Crippen molar-refractivity contribution in [3.8, 4) is 0 Å². The highest BCUT2D eigenvalue weighted by Gasteiger charge is 2.16. The Morgan fingerprint density at radius 3 is 3.00 bits per heavy atom. The van der Waals surface area contributed by atoms with E-state index >= 15 is 0 Å². The van der Waals surface area contributed by atoms with E-state index in [9.17, 15) is 4.79 Å². The summed E-state index contributed by atoms with van der Waals surface area (Å²) in [7, 11) is 0. The fourth-order valence-corrected chi connectivity index (χ4v) is 2.28. The highest BCUT2D eigenvalue weighted by molar-refractivity contribution is 7.99. The van der Waals surface area contributed by atoms with Gasteiger partial charge in [-0.05, 0) is 12.2 Å². The van der Waals surface area contributed by atoms with Gasteiger partial charge in [-0.1, -0.05) is 18.2 Å². The summed E-state index contributed by atoms with van der Waals surface area (Å²) >= 11 is 7.36. The predicted molar refractivity (Wildman–Crippen MR) is 57.3 cm³/mol. The van der Waals surface area contributed by atoms with Gasteiger partial charge in [0.25, 0.3) is 0 Å². The zero-order chi connectivity index (χ0) is 9.68. The Morgan fingerprint density at radius 1 is 1.69 bits per heavy atom. The predicted octanol–water partition coefficient (Wildman–Crippen LogP) is 1.54. The molecular formula is C8H13ClN2OS. The van der Waals surface area contributed by atoms with Gasteiger partial charge in [0, 0.05) is 16.8 Å². The summed E-state index contributed by atoms with van der Waals surface area (Å²) in [6.45, 7) is 3.80. The molecule has 0 aromatic carbocycles. The average Bonchev–Trinajstić information content (AvgIpc) is 2.53. The van der Waals surface area contributed by atoms with Crippen LogP contribution < -0.4 is 10.6 Å². The Labute approximate surface area is 87.3 Å². The maximum absolute atomic E-state index is 11.2. The number of halogens is 1. The van der Waals surface area contributed by atoms with Crippen molar-refractivity contribution < 1.29 is 4.79 Å². The summed E-state index contributed by atoms with van der Waals surface area (Å²) in [6.07, 6.45) is 1.06. The summed E-state index contributed by atoms with van der Waals surface area (Å²) in [4.78, 5) is 11.2. The normalized spacial score (nSPS) is 21.2. The molecule has 0 radical (unpaired) electrons. The van der Waals surface area contributed by atoms with Crippen LogP contribution in [0.5, 0.6) is 0 Å². The fourth-order valence-electron chi connectivity index (χ4n) is 1.06. The average molecular weight is 221 g/mol. The van der Waals surface area contributed by atoms with E-state index in [2.05, 4.69) is 17.2 Å². The molecule has 1 heterocycles. The van der Waals surface area contributed by atoms with Crippen LogP contribution in [0.25, 0.3) is 0 Å². The Bertz CT molecular complexity index is 204. The third kappa shape index (κ3) is 4.43. The number of nitrogens with one attached hydrogen (secondary N) is 2. The second-order valence-corrected chi connectivity index (χ2v) is 4.59. The van der Waals surface area contributed by atoms with Crippen LogP contribution >= 0.6 is 23.4 Å². The van der Waals surface area contributed by atoms with Gasteiger partial charge in [0.2, 0.25) is 0 Å². The first-order chi connectivity index (χ1) is 6.18. The van der Waals surface area contributed by atoms with E-state index in [0.717, 1.165) is 17.9 Å². The van der Waals surface area contributed by atoms with Crippen LogP contribution in [-0.2, 0) is 0 Å². The van der Waals surface area contributed by atoms with Gasteiger partial charge in [-0.2, -0.15) is 11.8 Å². The number of urea groups is 1. The third-order valence-corrected chi connectivity index (χ3v) is 3.00. The van der Waals surface area contributed by atoms with E-state index < -0.39 is 0 Å². The molecule has 1 aliphatic heterocycles. The minimum Gasteiger partial charge on any atom is -0.335 e. The molecule has 1 aliphatic rings. The maximum atomic E-state index is 11.2. The molecule has 3 nitrogen and oxygen atoms in total. The molecule has 0 aromatic rings. The van der Waals surface area contributed by atoms with E-state index in [0.29, 0.717) is 17.6 Å².